The standard InChI is InChI=1S/C19H36OSi2/c1-21(2,3)18-14-15(12-13-20)19(22(4,5)6)17-11-9-7-8-10-16(17)18/h15,20H,7-14H2,1-6H3. The van der Waals surface area contributed by atoms with Gasteiger partial charge in [-0.2, -0.15) is 0 Å². The van der Waals surface area contributed by atoms with Crippen molar-refractivity contribution < 1.29 is 5.11 Å². The molecule has 1 unspecified atom stereocenters. The summed E-state index contributed by atoms with van der Waals surface area (Å²) in [6.45, 7) is 15.5. The Kier molecular flexibility index (Phi) is 5.61. The molecular weight excluding hydrogens is 300 g/mol. The summed E-state index contributed by atoms with van der Waals surface area (Å²) in [5, 5.41) is 13.3. The summed E-state index contributed by atoms with van der Waals surface area (Å²) < 4.78 is 0. The van der Waals surface area contributed by atoms with Crippen molar-refractivity contribution in [2.24, 2.45) is 5.92 Å². The van der Waals surface area contributed by atoms with Crippen LogP contribution in [0.15, 0.2) is 21.5 Å². The van der Waals surface area contributed by atoms with Crippen molar-refractivity contribution in [2.75, 3.05) is 6.61 Å². The first kappa shape index (κ1) is 18.2. The fourth-order valence-corrected chi connectivity index (χ4v) is 9.35. The molecule has 3 heteroatoms. The molecule has 2 rings (SSSR count). The molecule has 0 radical (unpaired) electrons. The van der Waals surface area contributed by atoms with Crippen molar-refractivity contribution in [2.45, 2.75) is 84.2 Å². The van der Waals surface area contributed by atoms with E-state index >= 15 is 0 Å². The van der Waals surface area contributed by atoms with Crippen LogP contribution < -0.4 is 0 Å². The lowest BCUT2D eigenvalue weighted by atomic mass is 9.85. The first-order chi connectivity index (χ1) is 10.2. The van der Waals surface area contributed by atoms with Crippen LogP contribution in [-0.4, -0.2) is 27.9 Å². The molecular formula is C19H36OSi2. The van der Waals surface area contributed by atoms with Gasteiger partial charge in [-0.15, -0.1) is 0 Å². The second kappa shape index (κ2) is 6.78. The molecule has 0 aromatic carbocycles. The molecule has 1 N–H and O–H groups in total. The third kappa shape index (κ3) is 3.85. The van der Waals surface area contributed by atoms with Gasteiger partial charge >= 0.3 is 0 Å². The van der Waals surface area contributed by atoms with E-state index in [9.17, 15) is 5.11 Å². The van der Waals surface area contributed by atoms with Gasteiger partial charge in [0.05, 0.1) is 16.1 Å². The van der Waals surface area contributed by atoms with Gasteiger partial charge in [-0.05, 0) is 55.6 Å². The van der Waals surface area contributed by atoms with Gasteiger partial charge in [-0.25, -0.2) is 0 Å². The molecule has 0 bridgehead atoms. The summed E-state index contributed by atoms with van der Waals surface area (Å²) in [6.07, 6.45) is 9.03. The van der Waals surface area contributed by atoms with Crippen molar-refractivity contribution in [3.05, 3.63) is 21.5 Å². The van der Waals surface area contributed by atoms with E-state index in [0.717, 1.165) is 6.42 Å². The van der Waals surface area contributed by atoms with Crippen LogP contribution in [0.25, 0.3) is 0 Å². The van der Waals surface area contributed by atoms with Crippen LogP contribution in [-0.2, 0) is 0 Å². The van der Waals surface area contributed by atoms with Crippen molar-refractivity contribution in [1.82, 2.24) is 0 Å². The molecule has 1 fully saturated rings. The summed E-state index contributed by atoms with van der Waals surface area (Å²) >= 11 is 0. The Morgan fingerprint density at radius 3 is 1.95 bits per heavy atom. The summed E-state index contributed by atoms with van der Waals surface area (Å²) in [4.78, 5) is 0. The molecule has 0 saturated heterocycles. The molecule has 1 nitrogen and oxygen atoms in total. The molecule has 1 atom stereocenters. The van der Waals surface area contributed by atoms with Gasteiger partial charge in [0.1, 0.15) is 0 Å². The first-order valence-corrected chi connectivity index (χ1v) is 16.2. The molecule has 0 amide bonds. The van der Waals surface area contributed by atoms with Crippen LogP contribution in [0.5, 0.6) is 0 Å². The highest BCUT2D eigenvalue weighted by Crippen LogP contribution is 2.47. The van der Waals surface area contributed by atoms with E-state index < -0.39 is 16.1 Å². The van der Waals surface area contributed by atoms with Crippen molar-refractivity contribution >= 4 is 16.1 Å². The Hall–Kier alpha value is -0.126. The Bertz CT molecular complexity index is 475. The number of aliphatic hydroxyl groups excluding tert-OH is 1. The molecule has 2 aliphatic rings. The molecule has 0 heterocycles. The fourth-order valence-electron chi connectivity index (χ4n) is 4.66. The molecule has 0 aromatic rings. The summed E-state index contributed by atoms with van der Waals surface area (Å²) in [5.74, 6) is 0.634. The summed E-state index contributed by atoms with van der Waals surface area (Å²) in [6, 6.07) is 0. The van der Waals surface area contributed by atoms with Gasteiger partial charge in [0.15, 0.2) is 0 Å². The van der Waals surface area contributed by atoms with Crippen LogP contribution >= 0.6 is 0 Å². The van der Waals surface area contributed by atoms with E-state index in [0.29, 0.717) is 12.5 Å². The lowest BCUT2D eigenvalue weighted by Gasteiger charge is -2.41. The Labute approximate surface area is 139 Å². The first-order valence-electron chi connectivity index (χ1n) is 9.23. The minimum Gasteiger partial charge on any atom is -0.396 e. The van der Waals surface area contributed by atoms with Gasteiger partial charge < -0.3 is 5.11 Å². The van der Waals surface area contributed by atoms with E-state index in [2.05, 4.69) is 39.3 Å². The van der Waals surface area contributed by atoms with Crippen molar-refractivity contribution in [1.29, 1.82) is 0 Å². The maximum absolute atomic E-state index is 9.63. The molecule has 0 aromatic heterocycles. The number of allylic oxidation sites excluding steroid dienone is 4. The highest BCUT2D eigenvalue weighted by molar-refractivity contribution is 6.84. The number of fused-ring (bicyclic) bond motifs is 1. The van der Waals surface area contributed by atoms with Gasteiger partial charge in [-0.1, -0.05) is 56.1 Å². The largest absolute Gasteiger partial charge is 0.396 e. The quantitative estimate of drug-likeness (QED) is 0.653. The maximum atomic E-state index is 9.63. The topological polar surface area (TPSA) is 20.2 Å². The van der Waals surface area contributed by atoms with Gasteiger partial charge in [0.25, 0.3) is 0 Å². The van der Waals surface area contributed by atoms with Crippen LogP contribution in [0.3, 0.4) is 0 Å². The minimum atomic E-state index is -1.33. The van der Waals surface area contributed by atoms with Crippen molar-refractivity contribution in [3.63, 3.8) is 0 Å². The summed E-state index contributed by atoms with van der Waals surface area (Å²) in [7, 11) is -2.59. The smallest absolute Gasteiger partial charge is 0.0731 e. The highest BCUT2D eigenvalue weighted by Gasteiger charge is 2.38. The van der Waals surface area contributed by atoms with E-state index in [4.69, 9.17) is 0 Å². The zero-order valence-corrected chi connectivity index (χ0v) is 17.7. The number of aliphatic hydroxyl groups is 1. The Balaban J connectivity index is 2.63. The van der Waals surface area contributed by atoms with Crippen LogP contribution in [0.1, 0.15) is 44.9 Å². The van der Waals surface area contributed by atoms with Crippen LogP contribution in [0.4, 0.5) is 0 Å². The third-order valence-corrected chi connectivity index (χ3v) is 10.1. The highest BCUT2D eigenvalue weighted by atomic mass is 28.3. The zero-order chi connectivity index (χ0) is 16.5. The molecule has 0 aliphatic heterocycles. The zero-order valence-electron chi connectivity index (χ0n) is 15.7. The molecule has 1 saturated carbocycles. The Morgan fingerprint density at radius 1 is 0.864 bits per heavy atom. The summed E-state index contributed by atoms with van der Waals surface area (Å²) in [5.41, 5.74) is 3.57. The van der Waals surface area contributed by atoms with Crippen LogP contribution in [0, 0.1) is 5.92 Å². The monoisotopic (exact) mass is 336 g/mol. The average Bonchev–Trinajstić information content (AvgIpc) is 2.60. The molecule has 0 spiro atoms. The second-order valence-corrected chi connectivity index (χ2v) is 19.5. The number of hydrogen-bond acceptors (Lipinski definition) is 1. The van der Waals surface area contributed by atoms with E-state index in [-0.39, 0.29) is 0 Å². The lowest BCUT2D eigenvalue weighted by Crippen LogP contribution is -2.38. The average molecular weight is 337 g/mol. The predicted octanol–water partition coefficient (Wildman–Crippen LogP) is 5.70. The van der Waals surface area contributed by atoms with E-state index in [1.807, 2.05) is 10.4 Å². The van der Waals surface area contributed by atoms with Gasteiger partial charge in [-0.3, -0.25) is 0 Å². The van der Waals surface area contributed by atoms with E-state index in [1.54, 1.807) is 11.1 Å². The molecule has 22 heavy (non-hydrogen) atoms. The Morgan fingerprint density at radius 2 is 1.45 bits per heavy atom. The van der Waals surface area contributed by atoms with Crippen LogP contribution in [0.2, 0.25) is 39.3 Å². The maximum Gasteiger partial charge on any atom is 0.0731 e. The fraction of sp³-hybridized carbons (Fsp3) is 0.789. The molecule has 2 aliphatic carbocycles. The van der Waals surface area contributed by atoms with Gasteiger partial charge in [0.2, 0.25) is 0 Å². The predicted molar refractivity (Wildman–Crippen MR) is 104 cm³/mol. The van der Waals surface area contributed by atoms with Gasteiger partial charge in [0, 0.05) is 6.61 Å². The minimum absolute atomic E-state index is 0.347. The van der Waals surface area contributed by atoms with E-state index in [1.165, 1.54) is 38.5 Å². The third-order valence-electron chi connectivity index (χ3n) is 5.46. The SMILES string of the molecule is C[Si](C)(C)C1=C2CCCCCC2=C([Si](C)(C)C)C(CCO)C1. The second-order valence-electron chi connectivity index (χ2n) is 9.32. The molecule has 126 valence electrons. The lowest BCUT2D eigenvalue weighted by molar-refractivity contribution is 0.267. The van der Waals surface area contributed by atoms with Crippen molar-refractivity contribution in [3.8, 4) is 0 Å². The normalized spacial score (nSPS) is 24.4. The number of hydrogen-bond donors (Lipinski definition) is 1. The number of rotatable bonds is 4.